The van der Waals surface area contributed by atoms with Gasteiger partial charge in [-0.25, -0.2) is 0 Å². The summed E-state index contributed by atoms with van der Waals surface area (Å²) in [5.41, 5.74) is 0.958. The molecule has 21 heavy (non-hydrogen) atoms. The van der Waals surface area contributed by atoms with Gasteiger partial charge in [-0.1, -0.05) is 6.92 Å². The lowest BCUT2D eigenvalue weighted by atomic mass is 10.1. The average Bonchev–Trinajstić information content (AvgIpc) is 2.91. The lowest BCUT2D eigenvalue weighted by molar-refractivity contribution is -0.130. The Morgan fingerprint density at radius 3 is 2.71 bits per heavy atom. The van der Waals surface area contributed by atoms with Crippen molar-refractivity contribution in [1.82, 2.24) is 10.2 Å². The fraction of sp³-hybridized carbons (Fsp3) is 0.533. The highest BCUT2D eigenvalue weighted by Crippen LogP contribution is 2.38. The van der Waals surface area contributed by atoms with Crippen molar-refractivity contribution in [3.8, 4) is 17.2 Å². The largest absolute Gasteiger partial charge is 0.483 e. The van der Waals surface area contributed by atoms with Gasteiger partial charge in [-0.2, -0.15) is 0 Å². The van der Waals surface area contributed by atoms with Crippen LogP contribution in [0, 0.1) is 0 Å². The minimum absolute atomic E-state index is 0.00736. The second kappa shape index (κ2) is 7.17. The van der Waals surface area contributed by atoms with Crippen LogP contribution in [-0.2, 0) is 11.3 Å². The van der Waals surface area contributed by atoms with Gasteiger partial charge in [0.1, 0.15) is 5.75 Å². The van der Waals surface area contributed by atoms with Gasteiger partial charge in [0.15, 0.2) is 18.1 Å². The molecule has 116 valence electrons. The van der Waals surface area contributed by atoms with E-state index in [0.717, 1.165) is 24.3 Å². The molecule has 0 radical (unpaired) electrons. The van der Waals surface area contributed by atoms with Gasteiger partial charge in [-0.05, 0) is 19.0 Å². The molecule has 6 heteroatoms. The van der Waals surface area contributed by atoms with E-state index >= 15 is 0 Å². The van der Waals surface area contributed by atoms with Crippen molar-refractivity contribution in [3.63, 3.8) is 0 Å². The summed E-state index contributed by atoms with van der Waals surface area (Å²) in [6, 6.07) is 3.69. The molecule has 0 spiro atoms. The van der Waals surface area contributed by atoms with Crippen molar-refractivity contribution in [2.45, 2.75) is 19.9 Å². The quantitative estimate of drug-likeness (QED) is 0.770. The van der Waals surface area contributed by atoms with Crippen LogP contribution in [0.5, 0.6) is 17.2 Å². The molecule has 1 N–H and O–H groups in total. The highest BCUT2D eigenvalue weighted by atomic mass is 16.7. The number of rotatable bonds is 7. The zero-order valence-corrected chi connectivity index (χ0v) is 12.8. The maximum absolute atomic E-state index is 11.7. The highest BCUT2D eigenvalue weighted by molar-refractivity contribution is 5.77. The maximum Gasteiger partial charge on any atom is 0.259 e. The van der Waals surface area contributed by atoms with Gasteiger partial charge in [0.05, 0.1) is 0 Å². The summed E-state index contributed by atoms with van der Waals surface area (Å²) in [6.45, 7) is 3.92. The Balaban J connectivity index is 2.10. The number of amides is 1. The molecule has 1 aliphatic rings. The first-order valence-electron chi connectivity index (χ1n) is 7.08. The van der Waals surface area contributed by atoms with E-state index in [1.165, 1.54) is 4.90 Å². The standard InChI is InChI=1S/C15H22N2O4/c1-4-5-16-8-11-6-13-14(21-10-20-13)7-12(11)19-9-15(18)17(2)3/h6-7,16H,4-5,8-10H2,1-3H3. The zero-order valence-electron chi connectivity index (χ0n) is 12.8. The van der Waals surface area contributed by atoms with E-state index in [1.54, 1.807) is 20.2 Å². The van der Waals surface area contributed by atoms with Crippen LogP contribution >= 0.6 is 0 Å². The Labute approximate surface area is 125 Å². The summed E-state index contributed by atoms with van der Waals surface area (Å²) in [5, 5.41) is 3.32. The van der Waals surface area contributed by atoms with Crippen molar-refractivity contribution in [1.29, 1.82) is 0 Å². The summed E-state index contributed by atoms with van der Waals surface area (Å²) < 4.78 is 16.4. The monoisotopic (exact) mass is 294 g/mol. The van der Waals surface area contributed by atoms with Crippen molar-refractivity contribution >= 4 is 5.91 Å². The smallest absolute Gasteiger partial charge is 0.259 e. The van der Waals surface area contributed by atoms with E-state index in [9.17, 15) is 4.79 Å². The molecule has 0 saturated heterocycles. The van der Waals surface area contributed by atoms with E-state index in [2.05, 4.69) is 12.2 Å². The molecule has 0 bridgehead atoms. The molecular formula is C15H22N2O4. The van der Waals surface area contributed by atoms with E-state index in [-0.39, 0.29) is 19.3 Å². The number of benzene rings is 1. The van der Waals surface area contributed by atoms with Gasteiger partial charge in [-0.3, -0.25) is 4.79 Å². The number of carbonyl (C=O) groups excluding carboxylic acids is 1. The van der Waals surface area contributed by atoms with Crippen molar-refractivity contribution in [3.05, 3.63) is 17.7 Å². The summed E-state index contributed by atoms with van der Waals surface area (Å²) >= 11 is 0. The van der Waals surface area contributed by atoms with Crippen LogP contribution in [0.4, 0.5) is 0 Å². The molecule has 1 amide bonds. The number of hydrogen-bond donors (Lipinski definition) is 1. The van der Waals surface area contributed by atoms with Crippen LogP contribution in [0.2, 0.25) is 0 Å². The number of nitrogens with one attached hydrogen (secondary N) is 1. The van der Waals surface area contributed by atoms with Crippen LogP contribution in [-0.4, -0.2) is 44.8 Å². The first kappa shape index (κ1) is 15.4. The zero-order chi connectivity index (χ0) is 15.2. The van der Waals surface area contributed by atoms with E-state index in [0.29, 0.717) is 18.0 Å². The lowest BCUT2D eigenvalue weighted by Gasteiger charge is -2.15. The fourth-order valence-corrected chi connectivity index (χ4v) is 1.91. The summed E-state index contributed by atoms with van der Waals surface area (Å²) in [7, 11) is 3.41. The van der Waals surface area contributed by atoms with Gasteiger partial charge in [0.25, 0.3) is 5.91 Å². The molecule has 1 heterocycles. The highest BCUT2D eigenvalue weighted by Gasteiger charge is 2.18. The third-order valence-electron chi connectivity index (χ3n) is 3.15. The van der Waals surface area contributed by atoms with Crippen molar-refractivity contribution in [2.75, 3.05) is 34.0 Å². The molecule has 0 aromatic heterocycles. The Bertz CT molecular complexity index is 503. The number of ether oxygens (including phenoxy) is 3. The number of fused-ring (bicyclic) bond motifs is 1. The predicted molar refractivity (Wildman–Crippen MR) is 78.8 cm³/mol. The number of carbonyl (C=O) groups is 1. The van der Waals surface area contributed by atoms with E-state index in [1.807, 2.05) is 6.07 Å². The molecule has 2 rings (SSSR count). The molecule has 0 atom stereocenters. The van der Waals surface area contributed by atoms with E-state index < -0.39 is 0 Å². The summed E-state index contributed by atoms with van der Waals surface area (Å²) in [4.78, 5) is 13.2. The number of hydrogen-bond acceptors (Lipinski definition) is 5. The van der Waals surface area contributed by atoms with Gasteiger partial charge >= 0.3 is 0 Å². The van der Waals surface area contributed by atoms with Crippen LogP contribution in [0.3, 0.4) is 0 Å². The topological polar surface area (TPSA) is 60.0 Å². The minimum atomic E-state index is -0.0832. The third-order valence-corrected chi connectivity index (χ3v) is 3.15. The Morgan fingerprint density at radius 2 is 2.05 bits per heavy atom. The molecule has 6 nitrogen and oxygen atoms in total. The molecular weight excluding hydrogens is 272 g/mol. The summed E-state index contributed by atoms with van der Waals surface area (Å²) in [5.74, 6) is 1.94. The Kier molecular flexibility index (Phi) is 5.27. The minimum Gasteiger partial charge on any atom is -0.483 e. The number of likely N-dealkylation sites (N-methyl/N-ethyl adjacent to an activating group) is 1. The molecule has 1 aliphatic heterocycles. The van der Waals surface area contributed by atoms with E-state index in [4.69, 9.17) is 14.2 Å². The second-order valence-electron chi connectivity index (χ2n) is 5.07. The molecule has 0 unspecified atom stereocenters. The van der Waals surface area contributed by atoms with Crippen LogP contribution in [0.25, 0.3) is 0 Å². The first-order chi connectivity index (χ1) is 10.1. The molecule has 1 aromatic carbocycles. The van der Waals surface area contributed by atoms with Crippen LogP contribution < -0.4 is 19.5 Å². The van der Waals surface area contributed by atoms with Crippen LogP contribution in [0.15, 0.2) is 12.1 Å². The first-order valence-corrected chi connectivity index (χ1v) is 7.08. The Morgan fingerprint density at radius 1 is 1.33 bits per heavy atom. The van der Waals surface area contributed by atoms with Gasteiger partial charge in [0, 0.05) is 32.3 Å². The lowest BCUT2D eigenvalue weighted by Crippen LogP contribution is -2.27. The van der Waals surface area contributed by atoms with Crippen LogP contribution in [0.1, 0.15) is 18.9 Å². The fourth-order valence-electron chi connectivity index (χ4n) is 1.91. The second-order valence-corrected chi connectivity index (χ2v) is 5.07. The predicted octanol–water partition coefficient (Wildman–Crippen LogP) is 1.38. The van der Waals surface area contributed by atoms with Crippen molar-refractivity contribution < 1.29 is 19.0 Å². The Hall–Kier alpha value is -1.95. The normalized spacial score (nSPS) is 12.3. The molecule has 0 aliphatic carbocycles. The van der Waals surface area contributed by atoms with Crippen molar-refractivity contribution in [2.24, 2.45) is 0 Å². The maximum atomic E-state index is 11.7. The number of nitrogens with zero attached hydrogens (tertiary/aromatic N) is 1. The van der Waals surface area contributed by atoms with Gasteiger partial charge in [0.2, 0.25) is 6.79 Å². The van der Waals surface area contributed by atoms with Gasteiger partial charge < -0.3 is 24.4 Å². The SMILES string of the molecule is CCCNCc1cc2c(cc1OCC(=O)N(C)C)OCO2. The molecule has 0 fully saturated rings. The molecule has 0 saturated carbocycles. The molecule has 1 aromatic rings. The third kappa shape index (κ3) is 4.01. The summed E-state index contributed by atoms with van der Waals surface area (Å²) in [6.07, 6.45) is 1.06. The average molecular weight is 294 g/mol. The van der Waals surface area contributed by atoms with Gasteiger partial charge in [-0.15, -0.1) is 0 Å².